The molecule has 1 fully saturated rings. The summed E-state index contributed by atoms with van der Waals surface area (Å²) in [6, 6.07) is 20.3. The molecule has 1 atom stereocenters. The van der Waals surface area contributed by atoms with Crippen molar-refractivity contribution in [1.82, 2.24) is 10.1 Å². The second-order valence-electron chi connectivity index (χ2n) is 9.62. The lowest BCUT2D eigenvalue weighted by molar-refractivity contribution is 0.00680. The standard InChI is InChI=1S/C28H37N3O3/c1-22(2)17-30(18-25(32)21-33-20-23-11-5-3-6-12-23)19-26-27(24-13-7-4-8-14-24)29-34-28(26)31-15-9-10-16-31/h3-8,11-14,22,25,32H,9-10,15-21H2,1-2H3/t25-/m1/s1. The number of rotatable bonds is 12. The zero-order valence-corrected chi connectivity index (χ0v) is 20.4. The lowest BCUT2D eigenvalue weighted by Gasteiger charge is -2.27. The first kappa shape index (κ1) is 24.5. The van der Waals surface area contributed by atoms with Gasteiger partial charge in [-0.3, -0.25) is 4.90 Å². The Kier molecular flexibility index (Phi) is 8.74. The Balaban J connectivity index is 1.47. The number of benzene rings is 2. The summed E-state index contributed by atoms with van der Waals surface area (Å²) in [7, 11) is 0. The van der Waals surface area contributed by atoms with Gasteiger partial charge in [-0.25, -0.2) is 0 Å². The van der Waals surface area contributed by atoms with Gasteiger partial charge >= 0.3 is 0 Å². The molecule has 34 heavy (non-hydrogen) atoms. The first-order valence-corrected chi connectivity index (χ1v) is 12.4. The van der Waals surface area contributed by atoms with E-state index in [9.17, 15) is 5.11 Å². The molecule has 2 heterocycles. The molecule has 0 amide bonds. The van der Waals surface area contributed by atoms with Gasteiger partial charge in [-0.2, -0.15) is 0 Å². The lowest BCUT2D eigenvalue weighted by Crippen LogP contribution is -2.37. The molecule has 1 aliphatic rings. The molecule has 1 aromatic heterocycles. The minimum absolute atomic E-state index is 0.303. The smallest absolute Gasteiger partial charge is 0.232 e. The highest BCUT2D eigenvalue weighted by molar-refractivity contribution is 5.68. The predicted molar refractivity (Wildman–Crippen MR) is 136 cm³/mol. The maximum Gasteiger partial charge on any atom is 0.232 e. The Labute approximate surface area is 203 Å². The van der Waals surface area contributed by atoms with Crippen LogP contribution in [0.4, 0.5) is 5.88 Å². The van der Waals surface area contributed by atoms with Crippen LogP contribution in [0.2, 0.25) is 0 Å². The van der Waals surface area contributed by atoms with Crippen molar-refractivity contribution in [3.8, 4) is 11.3 Å². The number of anilines is 1. The molecule has 6 nitrogen and oxygen atoms in total. The van der Waals surface area contributed by atoms with E-state index in [1.54, 1.807) is 0 Å². The molecule has 0 radical (unpaired) electrons. The van der Waals surface area contributed by atoms with Crippen LogP contribution in [-0.4, -0.2) is 54.1 Å². The molecule has 1 aliphatic heterocycles. The lowest BCUT2D eigenvalue weighted by atomic mass is 10.1. The van der Waals surface area contributed by atoms with E-state index >= 15 is 0 Å². The third kappa shape index (κ3) is 6.69. The molecule has 6 heteroatoms. The fourth-order valence-corrected chi connectivity index (χ4v) is 4.62. The van der Waals surface area contributed by atoms with Crippen molar-refractivity contribution in [3.05, 3.63) is 71.8 Å². The Bertz CT molecular complexity index is 985. The van der Waals surface area contributed by atoms with Crippen LogP contribution < -0.4 is 4.90 Å². The number of aromatic nitrogens is 1. The van der Waals surface area contributed by atoms with Gasteiger partial charge in [0.05, 0.1) is 24.9 Å². The van der Waals surface area contributed by atoms with Crippen molar-refractivity contribution in [2.24, 2.45) is 5.92 Å². The molecule has 0 saturated carbocycles. The summed E-state index contributed by atoms with van der Waals surface area (Å²) in [6.07, 6.45) is 1.78. The van der Waals surface area contributed by atoms with Gasteiger partial charge in [0.2, 0.25) is 5.88 Å². The zero-order valence-electron chi connectivity index (χ0n) is 20.4. The highest BCUT2D eigenvalue weighted by Crippen LogP contribution is 2.34. The third-order valence-electron chi connectivity index (χ3n) is 6.10. The molecule has 0 spiro atoms. The SMILES string of the molecule is CC(C)CN(Cc1c(-c2ccccc2)noc1N1CCCC1)C[C@@H](O)COCc1ccccc1. The van der Waals surface area contributed by atoms with E-state index in [0.717, 1.165) is 47.9 Å². The average Bonchev–Trinajstić information content (AvgIpc) is 3.50. The highest BCUT2D eigenvalue weighted by atomic mass is 16.5. The van der Waals surface area contributed by atoms with E-state index in [1.807, 2.05) is 48.5 Å². The Morgan fingerprint density at radius 3 is 2.35 bits per heavy atom. The molecular formula is C28H37N3O3. The van der Waals surface area contributed by atoms with Crippen LogP contribution in [-0.2, 0) is 17.9 Å². The Morgan fingerprint density at radius 2 is 1.68 bits per heavy atom. The van der Waals surface area contributed by atoms with Crippen molar-refractivity contribution < 1.29 is 14.4 Å². The van der Waals surface area contributed by atoms with E-state index in [4.69, 9.17) is 9.26 Å². The van der Waals surface area contributed by atoms with Gasteiger partial charge in [-0.15, -0.1) is 0 Å². The molecule has 2 aromatic carbocycles. The fourth-order valence-electron chi connectivity index (χ4n) is 4.62. The first-order valence-electron chi connectivity index (χ1n) is 12.4. The van der Waals surface area contributed by atoms with Crippen molar-refractivity contribution in [3.63, 3.8) is 0 Å². The van der Waals surface area contributed by atoms with Crippen molar-refractivity contribution in [2.45, 2.75) is 45.9 Å². The van der Waals surface area contributed by atoms with Crippen LogP contribution in [0.1, 0.15) is 37.8 Å². The average molecular weight is 464 g/mol. The van der Waals surface area contributed by atoms with Crippen molar-refractivity contribution in [1.29, 1.82) is 0 Å². The van der Waals surface area contributed by atoms with Crippen molar-refractivity contribution in [2.75, 3.05) is 37.7 Å². The van der Waals surface area contributed by atoms with Gasteiger partial charge < -0.3 is 19.3 Å². The van der Waals surface area contributed by atoms with Crippen LogP contribution in [0.25, 0.3) is 11.3 Å². The van der Waals surface area contributed by atoms with Gasteiger partial charge in [0.15, 0.2) is 0 Å². The number of aliphatic hydroxyl groups excluding tert-OH is 1. The molecular weight excluding hydrogens is 426 g/mol. The predicted octanol–water partition coefficient (Wildman–Crippen LogP) is 4.98. The van der Waals surface area contributed by atoms with Crippen molar-refractivity contribution >= 4 is 5.88 Å². The number of aliphatic hydroxyl groups is 1. The van der Waals surface area contributed by atoms with Gasteiger partial charge in [0.1, 0.15) is 5.69 Å². The summed E-state index contributed by atoms with van der Waals surface area (Å²) in [5.41, 5.74) is 4.17. The van der Waals surface area contributed by atoms with E-state index in [0.29, 0.717) is 32.2 Å². The van der Waals surface area contributed by atoms with Crippen LogP contribution >= 0.6 is 0 Å². The van der Waals surface area contributed by atoms with E-state index in [2.05, 4.69) is 40.9 Å². The monoisotopic (exact) mass is 463 g/mol. The number of hydrogen-bond donors (Lipinski definition) is 1. The Hall–Kier alpha value is -2.67. The van der Waals surface area contributed by atoms with E-state index in [-0.39, 0.29) is 0 Å². The van der Waals surface area contributed by atoms with Gasteiger partial charge in [-0.05, 0) is 24.3 Å². The normalized spacial score (nSPS) is 14.9. The van der Waals surface area contributed by atoms with Crippen LogP contribution in [0, 0.1) is 5.92 Å². The maximum atomic E-state index is 10.8. The first-order chi connectivity index (χ1) is 16.6. The van der Waals surface area contributed by atoms with Gasteiger partial charge in [0, 0.05) is 38.3 Å². The zero-order chi connectivity index (χ0) is 23.8. The summed E-state index contributed by atoms with van der Waals surface area (Å²) < 4.78 is 11.7. The minimum atomic E-state index is -0.572. The van der Waals surface area contributed by atoms with Gasteiger partial charge in [0.25, 0.3) is 0 Å². The minimum Gasteiger partial charge on any atom is -0.389 e. The Morgan fingerprint density at radius 1 is 1.00 bits per heavy atom. The molecule has 4 rings (SSSR count). The highest BCUT2D eigenvalue weighted by Gasteiger charge is 2.27. The summed E-state index contributed by atoms with van der Waals surface area (Å²) in [5, 5.41) is 15.3. The topological polar surface area (TPSA) is 62.0 Å². The second kappa shape index (κ2) is 12.2. The molecule has 0 unspecified atom stereocenters. The van der Waals surface area contributed by atoms with Crippen LogP contribution in [0.15, 0.2) is 65.2 Å². The quantitative estimate of drug-likeness (QED) is 0.409. The largest absolute Gasteiger partial charge is 0.389 e. The molecule has 1 saturated heterocycles. The van der Waals surface area contributed by atoms with E-state index < -0.39 is 6.10 Å². The van der Waals surface area contributed by atoms with Gasteiger partial charge in [-0.1, -0.05) is 79.7 Å². The summed E-state index contributed by atoms with van der Waals surface area (Å²) in [4.78, 5) is 4.61. The fraction of sp³-hybridized carbons (Fsp3) is 0.464. The summed E-state index contributed by atoms with van der Waals surface area (Å²) in [5.74, 6) is 1.34. The second-order valence-corrected chi connectivity index (χ2v) is 9.62. The maximum absolute atomic E-state index is 10.8. The molecule has 3 aromatic rings. The summed E-state index contributed by atoms with van der Waals surface area (Å²) >= 11 is 0. The molecule has 1 N–H and O–H groups in total. The summed E-state index contributed by atoms with van der Waals surface area (Å²) in [6.45, 7) is 9.29. The molecule has 0 bridgehead atoms. The van der Waals surface area contributed by atoms with Crippen LogP contribution in [0.3, 0.4) is 0 Å². The molecule has 182 valence electrons. The number of nitrogens with zero attached hydrogens (tertiary/aromatic N) is 3. The number of ether oxygens (including phenoxy) is 1. The van der Waals surface area contributed by atoms with E-state index in [1.165, 1.54) is 12.8 Å². The third-order valence-corrected chi connectivity index (χ3v) is 6.10. The molecule has 0 aliphatic carbocycles. The van der Waals surface area contributed by atoms with Crippen LogP contribution in [0.5, 0.6) is 0 Å². The number of hydrogen-bond acceptors (Lipinski definition) is 6.